The van der Waals surface area contributed by atoms with Crippen LogP contribution < -0.4 is 0 Å². The molecule has 1 amide bonds. The van der Waals surface area contributed by atoms with Gasteiger partial charge in [0.1, 0.15) is 0 Å². The summed E-state index contributed by atoms with van der Waals surface area (Å²) in [4.78, 5) is 28.7. The van der Waals surface area contributed by atoms with Gasteiger partial charge in [0.25, 0.3) is 5.91 Å². The molecular weight excluding hydrogens is 311 g/mol. The van der Waals surface area contributed by atoms with Gasteiger partial charge in [-0.25, -0.2) is 4.79 Å². The molecule has 0 N–H and O–H groups in total. The van der Waals surface area contributed by atoms with Crippen LogP contribution in [0.15, 0.2) is 54.6 Å². The van der Waals surface area contributed by atoms with Crippen molar-refractivity contribution in [2.75, 3.05) is 7.05 Å². The van der Waals surface area contributed by atoms with E-state index in [1.807, 2.05) is 0 Å². The van der Waals surface area contributed by atoms with Gasteiger partial charge in [-0.05, 0) is 36.4 Å². The van der Waals surface area contributed by atoms with Gasteiger partial charge in [0.05, 0.1) is 11.1 Å². The van der Waals surface area contributed by atoms with E-state index in [1.54, 1.807) is 18.2 Å². The number of carbonyl (C=O) groups excluding carboxylic acids is 2. The lowest BCUT2D eigenvalue weighted by molar-refractivity contribution is -0.137. The van der Waals surface area contributed by atoms with Crippen LogP contribution in [-0.4, -0.2) is 24.0 Å². The summed E-state index contributed by atoms with van der Waals surface area (Å²) >= 11 is 0. The minimum absolute atomic E-state index is 0.0265. The second kappa shape index (κ2) is 6.51. The SMILES string of the molecule is CN(OC(=O)c1ccccc1)C(=O)c1ccc(C(F)(F)F)cc1. The third-order valence-electron chi connectivity index (χ3n) is 2.97. The van der Waals surface area contributed by atoms with Crippen LogP contribution >= 0.6 is 0 Å². The highest BCUT2D eigenvalue weighted by atomic mass is 19.4. The molecule has 4 nitrogen and oxygen atoms in total. The minimum atomic E-state index is -4.48. The van der Waals surface area contributed by atoms with Crippen LogP contribution in [0.3, 0.4) is 0 Å². The van der Waals surface area contributed by atoms with Crippen molar-refractivity contribution in [3.63, 3.8) is 0 Å². The summed E-state index contributed by atoms with van der Waals surface area (Å²) in [7, 11) is 1.21. The highest BCUT2D eigenvalue weighted by Crippen LogP contribution is 2.29. The number of hydrogen-bond acceptors (Lipinski definition) is 3. The van der Waals surface area contributed by atoms with E-state index in [0.717, 1.165) is 24.3 Å². The van der Waals surface area contributed by atoms with Gasteiger partial charge in [-0.3, -0.25) is 4.79 Å². The highest BCUT2D eigenvalue weighted by Gasteiger charge is 2.30. The molecule has 0 aromatic heterocycles. The van der Waals surface area contributed by atoms with Crippen molar-refractivity contribution in [3.8, 4) is 0 Å². The summed E-state index contributed by atoms with van der Waals surface area (Å²) in [5, 5.41) is 0.679. The Morgan fingerprint density at radius 2 is 1.48 bits per heavy atom. The maximum Gasteiger partial charge on any atom is 0.416 e. The van der Waals surface area contributed by atoms with Gasteiger partial charge in [-0.15, -0.1) is 0 Å². The molecule has 0 saturated heterocycles. The fourth-order valence-electron chi connectivity index (χ4n) is 1.78. The molecule has 2 aromatic carbocycles. The summed E-state index contributed by atoms with van der Waals surface area (Å²) in [6.07, 6.45) is -4.48. The molecule has 0 fully saturated rings. The van der Waals surface area contributed by atoms with E-state index in [-0.39, 0.29) is 11.1 Å². The zero-order valence-corrected chi connectivity index (χ0v) is 12.0. The average molecular weight is 323 g/mol. The summed E-state index contributed by atoms with van der Waals surface area (Å²) in [5.41, 5.74) is -0.640. The van der Waals surface area contributed by atoms with Crippen molar-refractivity contribution in [2.45, 2.75) is 6.18 Å². The van der Waals surface area contributed by atoms with Gasteiger partial charge >= 0.3 is 12.1 Å². The monoisotopic (exact) mass is 323 g/mol. The van der Waals surface area contributed by atoms with E-state index in [1.165, 1.54) is 19.2 Å². The Bertz CT molecular complexity index is 697. The number of alkyl halides is 3. The number of nitrogens with zero attached hydrogens (tertiary/aromatic N) is 1. The Labute approximate surface area is 130 Å². The first-order valence-electron chi connectivity index (χ1n) is 6.51. The maximum atomic E-state index is 12.5. The number of benzene rings is 2. The Balaban J connectivity index is 2.06. The van der Waals surface area contributed by atoms with E-state index in [0.29, 0.717) is 5.06 Å². The topological polar surface area (TPSA) is 46.6 Å². The first-order valence-corrected chi connectivity index (χ1v) is 6.51. The van der Waals surface area contributed by atoms with Crippen LogP contribution in [0.5, 0.6) is 0 Å². The molecule has 23 heavy (non-hydrogen) atoms. The van der Waals surface area contributed by atoms with Crippen molar-refractivity contribution in [1.82, 2.24) is 5.06 Å². The number of hydrogen-bond donors (Lipinski definition) is 0. The van der Waals surface area contributed by atoms with Crippen LogP contribution in [0.1, 0.15) is 26.3 Å². The molecule has 0 unspecified atom stereocenters. The van der Waals surface area contributed by atoms with Gasteiger partial charge in [-0.2, -0.15) is 18.2 Å². The Kier molecular flexibility index (Phi) is 4.68. The van der Waals surface area contributed by atoms with Crippen LogP contribution in [-0.2, 0) is 11.0 Å². The van der Waals surface area contributed by atoms with Crippen molar-refractivity contribution in [1.29, 1.82) is 0 Å². The second-order valence-corrected chi connectivity index (χ2v) is 4.62. The largest absolute Gasteiger partial charge is 0.416 e. The third-order valence-corrected chi connectivity index (χ3v) is 2.97. The molecular formula is C16H12F3NO3. The predicted octanol–water partition coefficient (Wildman–Crippen LogP) is 3.55. The molecule has 0 aliphatic rings. The van der Waals surface area contributed by atoms with E-state index < -0.39 is 23.6 Å². The van der Waals surface area contributed by atoms with Gasteiger partial charge in [0, 0.05) is 12.6 Å². The van der Waals surface area contributed by atoms with E-state index in [2.05, 4.69) is 0 Å². The lowest BCUT2D eigenvalue weighted by atomic mass is 10.1. The van der Waals surface area contributed by atoms with Crippen molar-refractivity contribution < 1.29 is 27.6 Å². The number of hydroxylamine groups is 2. The smallest absolute Gasteiger partial charge is 0.333 e. The quantitative estimate of drug-likeness (QED) is 0.794. The molecule has 0 atom stereocenters. The molecule has 2 rings (SSSR count). The zero-order chi connectivity index (χ0) is 17.0. The molecule has 120 valence electrons. The summed E-state index contributed by atoms with van der Waals surface area (Å²) in [5.74, 6) is -1.48. The summed E-state index contributed by atoms with van der Waals surface area (Å²) < 4.78 is 37.4. The summed E-state index contributed by atoms with van der Waals surface area (Å²) in [6.45, 7) is 0. The van der Waals surface area contributed by atoms with Gasteiger partial charge < -0.3 is 4.84 Å². The van der Waals surface area contributed by atoms with E-state index >= 15 is 0 Å². The Morgan fingerprint density at radius 1 is 0.913 bits per heavy atom. The molecule has 2 aromatic rings. The molecule has 0 spiro atoms. The average Bonchev–Trinajstić information content (AvgIpc) is 2.54. The van der Waals surface area contributed by atoms with E-state index in [4.69, 9.17) is 4.84 Å². The molecule has 0 radical (unpaired) electrons. The second-order valence-electron chi connectivity index (χ2n) is 4.62. The molecule has 0 aliphatic carbocycles. The Morgan fingerprint density at radius 3 is 2.00 bits per heavy atom. The molecule has 0 bridgehead atoms. The number of carbonyl (C=O) groups is 2. The first-order chi connectivity index (χ1) is 10.8. The van der Waals surface area contributed by atoms with Crippen LogP contribution in [0.25, 0.3) is 0 Å². The summed E-state index contributed by atoms with van der Waals surface area (Å²) in [6, 6.07) is 11.6. The van der Waals surface area contributed by atoms with Gasteiger partial charge in [0.15, 0.2) is 0 Å². The van der Waals surface area contributed by atoms with E-state index in [9.17, 15) is 22.8 Å². The van der Waals surface area contributed by atoms with Crippen LogP contribution in [0.4, 0.5) is 13.2 Å². The fourth-order valence-corrected chi connectivity index (χ4v) is 1.78. The number of rotatable bonds is 2. The van der Waals surface area contributed by atoms with Crippen LogP contribution in [0.2, 0.25) is 0 Å². The van der Waals surface area contributed by atoms with Crippen molar-refractivity contribution >= 4 is 11.9 Å². The molecule has 7 heteroatoms. The van der Waals surface area contributed by atoms with Gasteiger partial charge in [-0.1, -0.05) is 18.2 Å². The standard InChI is InChI=1S/C16H12F3NO3/c1-20(23-15(22)12-5-3-2-4-6-12)14(21)11-7-9-13(10-8-11)16(17,18)19/h2-10H,1H3. The molecule has 0 aliphatic heterocycles. The number of amides is 1. The first kappa shape index (κ1) is 16.5. The maximum absolute atomic E-state index is 12.5. The minimum Gasteiger partial charge on any atom is -0.333 e. The zero-order valence-electron chi connectivity index (χ0n) is 12.0. The van der Waals surface area contributed by atoms with Crippen molar-refractivity contribution in [2.24, 2.45) is 0 Å². The van der Waals surface area contributed by atoms with Gasteiger partial charge in [0.2, 0.25) is 0 Å². The normalized spacial score (nSPS) is 11.0. The number of halogens is 3. The Hall–Kier alpha value is -2.83. The lowest BCUT2D eigenvalue weighted by Crippen LogP contribution is -2.30. The third kappa shape index (κ3) is 4.09. The predicted molar refractivity (Wildman–Crippen MR) is 75.4 cm³/mol. The van der Waals surface area contributed by atoms with Crippen molar-refractivity contribution in [3.05, 3.63) is 71.3 Å². The fraction of sp³-hybridized carbons (Fsp3) is 0.125. The lowest BCUT2D eigenvalue weighted by Gasteiger charge is -2.16. The van der Waals surface area contributed by atoms with Crippen LogP contribution in [0, 0.1) is 0 Å². The highest BCUT2D eigenvalue weighted by molar-refractivity contribution is 5.95. The molecule has 0 saturated carbocycles. The molecule has 0 heterocycles.